The van der Waals surface area contributed by atoms with E-state index in [1.54, 1.807) is 24.5 Å². The first-order valence-corrected chi connectivity index (χ1v) is 8.64. The predicted molar refractivity (Wildman–Crippen MR) is 86.8 cm³/mol. The molecule has 2 aromatic rings. The zero-order valence-corrected chi connectivity index (χ0v) is 13.6. The number of likely N-dealkylation sites (N-methyl/N-ethyl adjacent to an activating group) is 1. The van der Waals surface area contributed by atoms with Gasteiger partial charge in [-0.2, -0.15) is 0 Å². The van der Waals surface area contributed by atoms with E-state index in [1.165, 1.54) is 5.56 Å². The lowest BCUT2D eigenvalue weighted by molar-refractivity contribution is 0.265. The summed E-state index contributed by atoms with van der Waals surface area (Å²) in [6.45, 7) is 3.00. The maximum Gasteiger partial charge on any atom is 0.238 e. The maximum atomic E-state index is 11.3. The van der Waals surface area contributed by atoms with E-state index in [1.807, 2.05) is 24.3 Å². The summed E-state index contributed by atoms with van der Waals surface area (Å²) in [7, 11) is -1.58. The molecule has 0 radical (unpaired) electrons. The highest BCUT2D eigenvalue weighted by atomic mass is 32.2. The van der Waals surface area contributed by atoms with E-state index in [0.717, 1.165) is 18.5 Å². The van der Waals surface area contributed by atoms with Crippen molar-refractivity contribution in [3.05, 3.63) is 59.9 Å². The number of rotatable bonds is 6. The van der Waals surface area contributed by atoms with Gasteiger partial charge in [-0.15, -0.1) is 0 Å². The van der Waals surface area contributed by atoms with Crippen molar-refractivity contribution in [1.82, 2.24) is 9.88 Å². The van der Waals surface area contributed by atoms with Crippen molar-refractivity contribution in [2.75, 3.05) is 13.6 Å². The maximum absolute atomic E-state index is 11.3. The molecule has 0 aliphatic rings. The van der Waals surface area contributed by atoms with Crippen molar-refractivity contribution in [1.29, 1.82) is 0 Å². The molecule has 2 N–H and O–H groups in total. The van der Waals surface area contributed by atoms with Crippen LogP contribution in [0.1, 0.15) is 24.1 Å². The molecule has 1 aromatic heterocycles. The second-order valence-electron chi connectivity index (χ2n) is 5.38. The predicted octanol–water partition coefficient (Wildman–Crippen LogP) is 1.96. The van der Waals surface area contributed by atoms with Crippen molar-refractivity contribution in [2.24, 2.45) is 5.14 Å². The number of hydrogen-bond acceptors (Lipinski definition) is 4. The minimum atomic E-state index is -3.63. The summed E-state index contributed by atoms with van der Waals surface area (Å²) in [5, 5.41) is 5.11. The molecule has 0 aliphatic heterocycles. The molecule has 0 fully saturated rings. The van der Waals surface area contributed by atoms with Crippen molar-refractivity contribution >= 4 is 10.0 Å². The number of primary sulfonamides is 1. The fraction of sp³-hybridized carbons (Fsp3) is 0.312. The zero-order valence-electron chi connectivity index (χ0n) is 12.8. The van der Waals surface area contributed by atoms with Gasteiger partial charge >= 0.3 is 0 Å². The Balaban J connectivity index is 1.99. The molecule has 1 heterocycles. The van der Waals surface area contributed by atoms with E-state index in [-0.39, 0.29) is 10.9 Å². The molecule has 0 unspecified atom stereocenters. The normalized spacial score (nSPS) is 13.3. The first-order valence-electron chi connectivity index (χ1n) is 7.10. The Kier molecular flexibility index (Phi) is 5.28. The summed E-state index contributed by atoms with van der Waals surface area (Å²) in [6, 6.07) is 11.0. The molecule has 5 nitrogen and oxygen atoms in total. The highest BCUT2D eigenvalue weighted by Crippen LogP contribution is 2.20. The highest BCUT2D eigenvalue weighted by Gasteiger charge is 2.13. The lowest BCUT2D eigenvalue weighted by Crippen LogP contribution is -2.25. The average Bonchev–Trinajstić information content (AvgIpc) is 2.52. The summed E-state index contributed by atoms with van der Waals surface area (Å²) >= 11 is 0. The molecule has 0 saturated carbocycles. The Labute approximate surface area is 131 Å². The molecule has 118 valence electrons. The van der Waals surface area contributed by atoms with E-state index in [4.69, 9.17) is 5.14 Å². The van der Waals surface area contributed by atoms with Crippen LogP contribution >= 0.6 is 0 Å². The Bertz CT molecular complexity index is 700. The topological polar surface area (TPSA) is 76.3 Å². The van der Waals surface area contributed by atoms with Crippen LogP contribution in [0, 0.1) is 0 Å². The molecule has 0 saturated heterocycles. The van der Waals surface area contributed by atoms with Crippen LogP contribution in [0.5, 0.6) is 0 Å². The van der Waals surface area contributed by atoms with Gasteiger partial charge in [-0.25, -0.2) is 13.6 Å². The van der Waals surface area contributed by atoms with Crippen LogP contribution in [0.25, 0.3) is 0 Å². The molecule has 22 heavy (non-hydrogen) atoms. The van der Waals surface area contributed by atoms with Crippen LogP contribution in [0.2, 0.25) is 0 Å². The molecular formula is C16H21N3O2S. The van der Waals surface area contributed by atoms with Crippen molar-refractivity contribution in [2.45, 2.75) is 24.3 Å². The quantitative estimate of drug-likeness (QED) is 0.883. The van der Waals surface area contributed by atoms with Gasteiger partial charge in [-0.3, -0.25) is 9.88 Å². The summed E-state index contributed by atoms with van der Waals surface area (Å²) in [4.78, 5) is 6.38. The fourth-order valence-electron chi connectivity index (χ4n) is 2.24. The molecule has 2 rings (SSSR count). The van der Waals surface area contributed by atoms with Crippen LogP contribution in [-0.2, 0) is 16.4 Å². The third-order valence-electron chi connectivity index (χ3n) is 3.85. The number of sulfonamides is 1. The largest absolute Gasteiger partial charge is 0.299 e. The second kappa shape index (κ2) is 7.00. The van der Waals surface area contributed by atoms with Gasteiger partial charge in [0, 0.05) is 25.0 Å². The van der Waals surface area contributed by atoms with Crippen molar-refractivity contribution in [3.63, 3.8) is 0 Å². The monoisotopic (exact) mass is 319 g/mol. The van der Waals surface area contributed by atoms with Crippen LogP contribution in [-0.4, -0.2) is 31.9 Å². The van der Waals surface area contributed by atoms with Crippen LogP contribution < -0.4 is 5.14 Å². The van der Waals surface area contributed by atoms with Gasteiger partial charge in [0.15, 0.2) is 0 Å². The van der Waals surface area contributed by atoms with Crippen molar-refractivity contribution < 1.29 is 8.42 Å². The van der Waals surface area contributed by atoms with Gasteiger partial charge in [0.2, 0.25) is 10.0 Å². The average molecular weight is 319 g/mol. The van der Waals surface area contributed by atoms with E-state index in [2.05, 4.69) is 23.9 Å². The molecule has 1 aromatic carbocycles. The van der Waals surface area contributed by atoms with E-state index in [0.29, 0.717) is 0 Å². The third-order valence-corrected chi connectivity index (χ3v) is 4.78. The number of aromatic nitrogens is 1. The second-order valence-corrected chi connectivity index (χ2v) is 6.94. The van der Waals surface area contributed by atoms with Crippen LogP contribution in [0.3, 0.4) is 0 Å². The summed E-state index contributed by atoms with van der Waals surface area (Å²) < 4.78 is 22.5. The Morgan fingerprint density at radius 1 is 1.14 bits per heavy atom. The lowest BCUT2D eigenvalue weighted by Gasteiger charge is -2.25. The smallest absolute Gasteiger partial charge is 0.238 e. The Morgan fingerprint density at radius 2 is 1.73 bits per heavy atom. The first-order chi connectivity index (χ1) is 10.4. The van der Waals surface area contributed by atoms with Crippen LogP contribution in [0.4, 0.5) is 0 Å². The Morgan fingerprint density at radius 3 is 2.27 bits per heavy atom. The molecule has 0 amide bonds. The number of hydrogen-bond donors (Lipinski definition) is 1. The third kappa shape index (κ3) is 4.37. The highest BCUT2D eigenvalue weighted by molar-refractivity contribution is 7.89. The fourth-order valence-corrected chi connectivity index (χ4v) is 2.75. The molecule has 0 spiro atoms. The SMILES string of the molecule is C[C@@H](c1ccc(S(N)(=O)=O)cc1)N(C)CCc1ccncc1. The first kappa shape index (κ1) is 16.6. The number of benzene rings is 1. The van der Waals surface area contributed by atoms with Gasteiger partial charge in [0.05, 0.1) is 4.90 Å². The number of nitrogens with zero attached hydrogens (tertiary/aromatic N) is 2. The Hall–Kier alpha value is -1.76. The van der Waals surface area contributed by atoms with Gasteiger partial charge in [-0.05, 0) is 55.8 Å². The van der Waals surface area contributed by atoms with Gasteiger partial charge in [0.1, 0.15) is 0 Å². The van der Waals surface area contributed by atoms with E-state index < -0.39 is 10.0 Å². The number of nitrogens with two attached hydrogens (primary N) is 1. The summed E-state index contributed by atoms with van der Waals surface area (Å²) in [6.07, 6.45) is 4.54. The van der Waals surface area contributed by atoms with E-state index >= 15 is 0 Å². The van der Waals surface area contributed by atoms with Crippen molar-refractivity contribution in [3.8, 4) is 0 Å². The molecule has 0 aliphatic carbocycles. The summed E-state index contributed by atoms with van der Waals surface area (Å²) in [5.41, 5.74) is 2.31. The van der Waals surface area contributed by atoms with E-state index in [9.17, 15) is 8.42 Å². The van der Waals surface area contributed by atoms with Crippen LogP contribution in [0.15, 0.2) is 53.7 Å². The molecular weight excluding hydrogens is 298 g/mol. The van der Waals surface area contributed by atoms with Gasteiger partial charge < -0.3 is 0 Å². The summed E-state index contributed by atoms with van der Waals surface area (Å²) in [5.74, 6) is 0. The zero-order chi connectivity index (χ0) is 16.2. The van der Waals surface area contributed by atoms with Gasteiger partial charge in [-0.1, -0.05) is 12.1 Å². The molecule has 1 atom stereocenters. The molecule has 6 heteroatoms. The number of pyridine rings is 1. The van der Waals surface area contributed by atoms with Gasteiger partial charge in [0.25, 0.3) is 0 Å². The standard InChI is InChI=1S/C16H21N3O2S/c1-13(15-3-5-16(6-4-15)22(17,20)21)19(2)12-9-14-7-10-18-11-8-14/h3-8,10-11,13H,9,12H2,1-2H3,(H2,17,20,21)/t13-/m0/s1. The minimum Gasteiger partial charge on any atom is -0.299 e. The lowest BCUT2D eigenvalue weighted by atomic mass is 10.1. The molecule has 0 bridgehead atoms. The minimum absolute atomic E-state index is 0.142.